The maximum atomic E-state index is 10.5. The molecule has 0 aromatic heterocycles. The van der Waals surface area contributed by atoms with E-state index >= 15 is 0 Å². The first-order chi connectivity index (χ1) is 12.8. The highest BCUT2D eigenvalue weighted by atomic mass is 16.5. The second-order valence-electron chi connectivity index (χ2n) is 5.35. The van der Waals surface area contributed by atoms with Crippen molar-refractivity contribution in [1.82, 2.24) is 0 Å². The maximum absolute atomic E-state index is 10.5. The van der Waals surface area contributed by atoms with Gasteiger partial charge in [0.1, 0.15) is 18.1 Å². The molecule has 0 saturated carbocycles. The molecule has 2 aromatic carbocycles. The lowest BCUT2D eigenvalue weighted by Crippen LogP contribution is -2.21. The first-order valence-corrected chi connectivity index (χ1v) is 7.91. The average molecular weight is 375 g/mol. The van der Waals surface area contributed by atoms with Crippen LogP contribution < -0.4 is 15.2 Å². The summed E-state index contributed by atoms with van der Waals surface area (Å²) in [6.45, 7) is 0.464. The fraction of sp³-hybridized carbons (Fsp3) is 0.211. The van der Waals surface area contributed by atoms with Gasteiger partial charge in [0.05, 0.1) is 7.11 Å². The Balaban J connectivity index is 0.000000527. The minimum atomic E-state index is -1.60. The van der Waals surface area contributed by atoms with Gasteiger partial charge in [-0.1, -0.05) is 24.3 Å². The lowest BCUT2D eigenvalue weighted by molar-refractivity contribution is -0.148. The molecule has 8 heteroatoms. The molecule has 0 radical (unpaired) electrons. The Labute approximate surface area is 156 Å². The van der Waals surface area contributed by atoms with Gasteiger partial charge in [0.25, 0.3) is 0 Å². The standard InChI is InChI=1S/C17H18O4.C2H3NO3/c1-20-16-4-2-3-14(11-16)12-21-15-8-5-13(6-9-15)7-10-17(18)19;3-1(4)2(5)6/h2-6,8-9,11H,7,10,12H2,1H3,(H,18,19);(H2,3,4)(H,5,6). The molecule has 0 atom stereocenters. The third-order valence-electron chi connectivity index (χ3n) is 3.30. The van der Waals surface area contributed by atoms with Crippen molar-refractivity contribution in [3.8, 4) is 11.5 Å². The highest BCUT2D eigenvalue weighted by Crippen LogP contribution is 2.17. The van der Waals surface area contributed by atoms with Crippen molar-refractivity contribution >= 4 is 17.8 Å². The number of carboxylic acid groups (broad SMARTS) is 2. The summed E-state index contributed by atoms with van der Waals surface area (Å²) in [6, 6.07) is 15.2. The van der Waals surface area contributed by atoms with Crippen LogP contribution in [0.4, 0.5) is 0 Å². The van der Waals surface area contributed by atoms with E-state index in [1.165, 1.54) is 0 Å². The SMILES string of the molecule is COc1cccc(COc2ccc(CCC(=O)O)cc2)c1.NC(=O)C(=O)O. The molecular formula is C19H21NO7. The largest absolute Gasteiger partial charge is 0.497 e. The molecule has 0 aliphatic heterocycles. The highest BCUT2D eigenvalue weighted by Gasteiger charge is 2.01. The molecule has 144 valence electrons. The van der Waals surface area contributed by atoms with Gasteiger partial charge < -0.3 is 25.4 Å². The molecule has 4 N–H and O–H groups in total. The zero-order valence-electron chi connectivity index (χ0n) is 14.8. The van der Waals surface area contributed by atoms with Crippen LogP contribution in [0.2, 0.25) is 0 Å². The lowest BCUT2D eigenvalue weighted by atomic mass is 10.1. The fourth-order valence-electron chi connectivity index (χ4n) is 1.93. The molecule has 1 amide bonds. The summed E-state index contributed by atoms with van der Waals surface area (Å²) in [5.74, 6) is -2.14. The number of amides is 1. The normalized spacial score (nSPS) is 9.52. The number of rotatable bonds is 7. The van der Waals surface area contributed by atoms with Gasteiger partial charge in [0.2, 0.25) is 0 Å². The van der Waals surface area contributed by atoms with Crippen molar-refractivity contribution in [2.24, 2.45) is 5.73 Å². The number of carbonyl (C=O) groups excluding carboxylic acids is 1. The Bertz CT molecular complexity index is 760. The van der Waals surface area contributed by atoms with Crippen molar-refractivity contribution in [2.75, 3.05) is 7.11 Å². The predicted molar refractivity (Wildman–Crippen MR) is 96.6 cm³/mol. The molecule has 0 fully saturated rings. The monoisotopic (exact) mass is 375 g/mol. The van der Waals surface area contributed by atoms with Gasteiger partial charge in [0, 0.05) is 6.42 Å². The van der Waals surface area contributed by atoms with E-state index in [9.17, 15) is 14.4 Å². The topological polar surface area (TPSA) is 136 Å². The smallest absolute Gasteiger partial charge is 0.394 e. The molecule has 0 saturated heterocycles. The lowest BCUT2D eigenvalue weighted by Gasteiger charge is -2.08. The van der Waals surface area contributed by atoms with Crippen molar-refractivity contribution in [1.29, 1.82) is 0 Å². The summed E-state index contributed by atoms with van der Waals surface area (Å²) < 4.78 is 10.9. The number of aliphatic carboxylic acids is 2. The van der Waals surface area contributed by atoms with Crippen molar-refractivity contribution in [2.45, 2.75) is 19.4 Å². The molecule has 0 spiro atoms. The highest BCUT2D eigenvalue weighted by molar-refractivity contribution is 6.30. The fourth-order valence-corrected chi connectivity index (χ4v) is 1.93. The first-order valence-electron chi connectivity index (χ1n) is 7.91. The Morgan fingerprint density at radius 1 is 0.963 bits per heavy atom. The van der Waals surface area contributed by atoms with Crippen LogP contribution in [0.25, 0.3) is 0 Å². The molecule has 27 heavy (non-hydrogen) atoms. The van der Waals surface area contributed by atoms with Crippen molar-refractivity contribution in [3.05, 3.63) is 59.7 Å². The minimum absolute atomic E-state index is 0.143. The molecule has 8 nitrogen and oxygen atoms in total. The van der Waals surface area contributed by atoms with Crippen LogP contribution in [0.1, 0.15) is 17.5 Å². The second kappa shape index (κ2) is 11.1. The van der Waals surface area contributed by atoms with E-state index in [4.69, 9.17) is 19.7 Å². The number of hydrogen-bond donors (Lipinski definition) is 3. The van der Waals surface area contributed by atoms with E-state index in [-0.39, 0.29) is 6.42 Å². The number of methoxy groups -OCH3 is 1. The Morgan fingerprint density at radius 3 is 2.11 bits per heavy atom. The molecule has 0 heterocycles. The molecular weight excluding hydrogens is 354 g/mol. The molecule has 2 rings (SSSR count). The van der Waals surface area contributed by atoms with E-state index in [0.29, 0.717) is 13.0 Å². The number of benzene rings is 2. The van der Waals surface area contributed by atoms with E-state index in [0.717, 1.165) is 22.6 Å². The van der Waals surface area contributed by atoms with Crippen LogP contribution in [-0.4, -0.2) is 35.2 Å². The van der Waals surface area contributed by atoms with E-state index in [2.05, 4.69) is 5.73 Å². The predicted octanol–water partition coefficient (Wildman–Crippen LogP) is 1.85. The summed E-state index contributed by atoms with van der Waals surface area (Å²) in [4.78, 5) is 29.1. The average Bonchev–Trinajstić information content (AvgIpc) is 2.66. The van der Waals surface area contributed by atoms with Gasteiger partial charge in [-0.25, -0.2) is 4.79 Å². The third-order valence-corrected chi connectivity index (χ3v) is 3.30. The number of ether oxygens (including phenoxy) is 2. The summed E-state index contributed by atoms with van der Waals surface area (Å²) in [6.07, 6.45) is 0.676. The van der Waals surface area contributed by atoms with Gasteiger partial charge in [0.15, 0.2) is 0 Å². The number of primary amides is 1. The zero-order chi connectivity index (χ0) is 20.2. The van der Waals surface area contributed by atoms with Gasteiger partial charge in [-0.15, -0.1) is 0 Å². The third kappa shape index (κ3) is 8.92. The van der Waals surface area contributed by atoms with Crippen molar-refractivity contribution in [3.63, 3.8) is 0 Å². The van der Waals surface area contributed by atoms with Crippen LogP contribution >= 0.6 is 0 Å². The van der Waals surface area contributed by atoms with Gasteiger partial charge in [-0.3, -0.25) is 9.59 Å². The summed E-state index contributed by atoms with van der Waals surface area (Å²) >= 11 is 0. The van der Waals surface area contributed by atoms with E-state index in [1.807, 2.05) is 48.5 Å². The number of nitrogens with two attached hydrogens (primary N) is 1. The number of carboxylic acids is 2. The van der Waals surface area contributed by atoms with Crippen LogP contribution in [0.5, 0.6) is 11.5 Å². The van der Waals surface area contributed by atoms with Gasteiger partial charge in [-0.2, -0.15) is 0 Å². The summed E-state index contributed by atoms with van der Waals surface area (Å²) in [5, 5.41) is 16.2. The van der Waals surface area contributed by atoms with Crippen molar-refractivity contribution < 1.29 is 34.1 Å². The van der Waals surface area contributed by atoms with E-state index < -0.39 is 17.8 Å². The second-order valence-corrected chi connectivity index (χ2v) is 5.35. The van der Waals surface area contributed by atoms with Crippen LogP contribution in [0.15, 0.2) is 48.5 Å². The number of aryl methyl sites for hydroxylation is 1. The molecule has 0 aliphatic carbocycles. The maximum Gasteiger partial charge on any atom is 0.394 e. The molecule has 2 aromatic rings. The van der Waals surface area contributed by atoms with Crippen LogP contribution in [0, 0.1) is 0 Å². The Morgan fingerprint density at radius 2 is 1.59 bits per heavy atom. The van der Waals surface area contributed by atoms with Crippen LogP contribution in [-0.2, 0) is 27.4 Å². The van der Waals surface area contributed by atoms with Gasteiger partial charge >= 0.3 is 17.8 Å². The number of carbonyl (C=O) groups is 3. The number of hydrogen-bond acceptors (Lipinski definition) is 5. The zero-order valence-corrected chi connectivity index (χ0v) is 14.8. The van der Waals surface area contributed by atoms with Crippen LogP contribution in [0.3, 0.4) is 0 Å². The Kier molecular flexibility index (Phi) is 8.87. The first kappa shape index (κ1) is 21.5. The minimum Gasteiger partial charge on any atom is -0.497 e. The van der Waals surface area contributed by atoms with Gasteiger partial charge in [-0.05, 0) is 41.8 Å². The quantitative estimate of drug-likeness (QED) is 0.628. The van der Waals surface area contributed by atoms with E-state index in [1.54, 1.807) is 7.11 Å². The Hall–Kier alpha value is -3.55. The molecule has 0 bridgehead atoms. The summed E-state index contributed by atoms with van der Waals surface area (Å²) in [7, 11) is 1.63. The molecule has 0 aliphatic rings. The molecule has 0 unspecified atom stereocenters. The summed E-state index contributed by atoms with van der Waals surface area (Å²) in [5.41, 5.74) is 6.22.